The highest BCUT2D eigenvalue weighted by molar-refractivity contribution is 6.15. The zero-order chi connectivity index (χ0) is 32.8. The van der Waals surface area contributed by atoms with E-state index in [1.54, 1.807) is 0 Å². The van der Waals surface area contributed by atoms with Crippen LogP contribution in [0, 0.1) is 11.8 Å². The fourth-order valence-electron chi connectivity index (χ4n) is 8.83. The second-order valence-electron chi connectivity index (χ2n) is 13.6. The van der Waals surface area contributed by atoms with Gasteiger partial charge >= 0.3 is 0 Å². The number of aromatic nitrogens is 1. The molecule has 0 spiro atoms. The van der Waals surface area contributed by atoms with Gasteiger partial charge in [-0.2, -0.15) is 0 Å². The molecule has 2 aliphatic rings. The summed E-state index contributed by atoms with van der Waals surface area (Å²) in [5.41, 5.74) is 10.8. The Morgan fingerprint density at radius 1 is 0.440 bits per heavy atom. The summed E-state index contributed by atoms with van der Waals surface area (Å²) in [5, 5.41) is 9.84. The van der Waals surface area contributed by atoms with Crippen LogP contribution in [0.25, 0.3) is 71.4 Å². The quantitative estimate of drug-likeness (QED) is 0.189. The number of hydrogen-bond acceptors (Lipinski definition) is 1. The van der Waals surface area contributed by atoms with Gasteiger partial charge in [0.15, 0.2) is 0 Å². The Balaban J connectivity index is 1.12. The van der Waals surface area contributed by atoms with Gasteiger partial charge in [-0.15, -0.1) is 0 Å². The maximum atomic E-state index is 6.50. The minimum Gasteiger partial charge on any atom is -0.455 e. The van der Waals surface area contributed by atoms with Crippen molar-refractivity contribution in [1.29, 1.82) is 0 Å². The minimum atomic E-state index is 0.207. The molecule has 50 heavy (non-hydrogen) atoms. The SMILES string of the molecule is C1=CC2C(c3ccc(-n4c5ccccc5c5ccccc54)cc3)=c3ccccc3=C(c3ccc4oc5c6ccccc6ccc5c4c3)C2C=C1. The zero-order valence-corrected chi connectivity index (χ0v) is 27.3. The van der Waals surface area contributed by atoms with Gasteiger partial charge in [0.1, 0.15) is 11.2 Å². The smallest absolute Gasteiger partial charge is 0.143 e. The summed E-state index contributed by atoms with van der Waals surface area (Å²) in [7, 11) is 0. The molecule has 2 heteroatoms. The summed E-state index contributed by atoms with van der Waals surface area (Å²) in [4.78, 5) is 0. The van der Waals surface area contributed by atoms with Crippen molar-refractivity contribution >= 4 is 65.7 Å². The van der Waals surface area contributed by atoms with Crippen LogP contribution < -0.4 is 10.4 Å². The Hall–Kier alpha value is -6.38. The number of hydrogen-bond donors (Lipinski definition) is 0. The second-order valence-corrected chi connectivity index (χ2v) is 13.6. The standard InChI is InChI=1S/C48H31NO/c1-2-12-34-30(11-1)23-27-41-42-29-32(24-28-45(42)50-48(34)41)47-39-17-5-3-15-37(39)46(38-16-4-6-18-40(38)47)31-21-25-33(26-22-31)49-43-19-9-7-13-35(43)36-14-8-10-20-44(36)49/h1-29,37,39H. The van der Waals surface area contributed by atoms with Crippen LogP contribution >= 0.6 is 0 Å². The third-order valence-corrected chi connectivity index (χ3v) is 11.0. The fraction of sp³-hybridized carbons (Fsp3) is 0.0417. The number of rotatable bonds is 3. The molecule has 2 aliphatic carbocycles. The van der Waals surface area contributed by atoms with Gasteiger partial charge in [0.2, 0.25) is 0 Å². The van der Waals surface area contributed by atoms with E-state index in [1.165, 1.54) is 65.6 Å². The predicted octanol–water partition coefficient (Wildman–Crippen LogP) is 10.6. The lowest BCUT2D eigenvalue weighted by molar-refractivity contribution is 0.672. The third kappa shape index (κ3) is 3.90. The summed E-state index contributed by atoms with van der Waals surface area (Å²) in [6.45, 7) is 0. The van der Waals surface area contributed by atoms with Crippen LogP contribution in [-0.4, -0.2) is 4.57 Å². The van der Waals surface area contributed by atoms with Crippen LogP contribution in [0.5, 0.6) is 0 Å². The van der Waals surface area contributed by atoms with Crippen molar-refractivity contribution in [3.8, 4) is 5.69 Å². The van der Waals surface area contributed by atoms with Gasteiger partial charge in [0.25, 0.3) is 0 Å². The monoisotopic (exact) mass is 637 g/mol. The molecule has 11 rings (SSSR count). The van der Waals surface area contributed by atoms with Gasteiger partial charge in [0.05, 0.1) is 11.0 Å². The number of fused-ring (bicyclic) bond motifs is 10. The molecule has 2 unspecified atom stereocenters. The zero-order valence-electron chi connectivity index (χ0n) is 27.3. The maximum absolute atomic E-state index is 6.50. The molecule has 0 fully saturated rings. The number of furan rings is 1. The lowest BCUT2D eigenvalue weighted by Crippen LogP contribution is -2.40. The Labute approximate surface area is 288 Å². The topological polar surface area (TPSA) is 18.1 Å². The second kappa shape index (κ2) is 10.6. The van der Waals surface area contributed by atoms with E-state index in [4.69, 9.17) is 4.42 Å². The van der Waals surface area contributed by atoms with Crippen molar-refractivity contribution in [2.45, 2.75) is 0 Å². The lowest BCUT2D eigenvalue weighted by Gasteiger charge is -2.33. The van der Waals surface area contributed by atoms with Crippen molar-refractivity contribution in [2.24, 2.45) is 11.8 Å². The molecule has 0 bridgehead atoms. The van der Waals surface area contributed by atoms with Crippen LogP contribution in [0.2, 0.25) is 0 Å². The molecule has 0 aliphatic heterocycles. The van der Waals surface area contributed by atoms with E-state index in [-0.39, 0.29) is 11.8 Å². The molecule has 0 amide bonds. The number of allylic oxidation sites excluding steroid dienone is 4. The van der Waals surface area contributed by atoms with Crippen LogP contribution in [-0.2, 0) is 0 Å². The van der Waals surface area contributed by atoms with E-state index in [9.17, 15) is 0 Å². The van der Waals surface area contributed by atoms with E-state index in [2.05, 4.69) is 181 Å². The van der Waals surface area contributed by atoms with Crippen molar-refractivity contribution in [1.82, 2.24) is 4.57 Å². The van der Waals surface area contributed by atoms with E-state index in [0.717, 1.165) is 27.3 Å². The summed E-state index contributed by atoms with van der Waals surface area (Å²) in [5.74, 6) is 0.420. The average Bonchev–Trinajstić information content (AvgIpc) is 3.73. The summed E-state index contributed by atoms with van der Waals surface area (Å²) >= 11 is 0. The molecule has 2 aromatic heterocycles. The van der Waals surface area contributed by atoms with E-state index < -0.39 is 0 Å². The largest absolute Gasteiger partial charge is 0.455 e. The number of para-hydroxylation sites is 2. The van der Waals surface area contributed by atoms with Crippen molar-refractivity contribution in [3.05, 3.63) is 198 Å². The molecule has 9 aromatic rings. The molecule has 0 N–H and O–H groups in total. The normalized spacial score (nSPS) is 17.0. The molecule has 7 aromatic carbocycles. The summed E-state index contributed by atoms with van der Waals surface area (Å²) in [6, 6.07) is 55.3. The third-order valence-electron chi connectivity index (χ3n) is 11.0. The molecule has 2 atom stereocenters. The van der Waals surface area contributed by atoms with Gasteiger partial charge in [-0.05, 0) is 80.6 Å². The molecule has 234 valence electrons. The first-order valence-corrected chi connectivity index (χ1v) is 17.4. The first-order chi connectivity index (χ1) is 24.8. The van der Waals surface area contributed by atoms with Gasteiger partial charge < -0.3 is 8.98 Å². The van der Waals surface area contributed by atoms with E-state index >= 15 is 0 Å². The first-order valence-electron chi connectivity index (χ1n) is 17.4. The maximum Gasteiger partial charge on any atom is 0.143 e. The van der Waals surface area contributed by atoms with Crippen molar-refractivity contribution in [2.75, 3.05) is 0 Å². The molecular formula is C48H31NO. The Kier molecular flexibility index (Phi) is 5.82. The van der Waals surface area contributed by atoms with Crippen LogP contribution in [0.3, 0.4) is 0 Å². The van der Waals surface area contributed by atoms with E-state index in [1.807, 2.05) is 0 Å². The van der Waals surface area contributed by atoms with Crippen molar-refractivity contribution in [3.63, 3.8) is 0 Å². The van der Waals surface area contributed by atoms with Crippen LogP contribution in [0.4, 0.5) is 0 Å². The summed E-state index contributed by atoms with van der Waals surface area (Å²) in [6.07, 6.45) is 9.23. The number of nitrogens with zero attached hydrogens (tertiary/aromatic N) is 1. The van der Waals surface area contributed by atoms with Gasteiger partial charge in [0, 0.05) is 44.5 Å². The van der Waals surface area contributed by atoms with Gasteiger partial charge in [-0.1, -0.05) is 133 Å². The highest BCUT2D eigenvalue weighted by Gasteiger charge is 2.32. The molecule has 2 heterocycles. The Morgan fingerprint density at radius 2 is 1.02 bits per heavy atom. The Morgan fingerprint density at radius 3 is 1.72 bits per heavy atom. The summed E-state index contributed by atoms with van der Waals surface area (Å²) < 4.78 is 8.90. The van der Waals surface area contributed by atoms with Gasteiger partial charge in [-0.25, -0.2) is 0 Å². The van der Waals surface area contributed by atoms with Crippen LogP contribution in [0.15, 0.2) is 180 Å². The molecule has 2 nitrogen and oxygen atoms in total. The van der Waals surface area contributed by atoms with Gasteiger partial charge in [-0.3, -0.25) is 0 Å². The molecular weight excluding hydrogens is 607 g/mol. The fourth-order valence-corrected chi connectivity index (χ4v) is 8.83. The average molecular weight is 638 g/mol. The number of benzene rings is 7. The molecule has 0 saturated carbocycles. The van der Waals surface area contributed by atoms with Crippen LogP contribution in [0.1, 0.15) is 11.1 Å². The molecule has 0 radical (unpaired) electrons. The van der Waals surface area contributed by atoms with Crippen molar-refractivity contribution < 1.29 is 4.42 Å². The minimum absolute atomic E-state index is 0.207. The lowest BCUT2D eigenvalue weighted by atomic mass is 9.70. The predicted molar refractivity (Wildman–Crippen MR) is 208 cm³/mol. The van der Waals surface area contributed by atoms with E-state index in [0.29, 0.717) is 0 Å². The highest BCUT2D eigenvalue weighted by atomic mass is 16.3. The molecule has 0 saturated heterocycles. The highest BCUT2D eigenvalue weighted by Crippen LogP contribution is 2.42. The first kappa shape index (κ1) is 27.6. The Bertz CT molecular complexity index is 2990.